The molecule has 0 saturated carbocycles. The number of aryl methyl sites for hydroxylation is 2. The van der Waals surface area contributed by atoms with Crippen molar-refractivity contribution in [1.29, 1.82) is 0 Å². The first-order chi connectivity index (χ1) is 23.6. The van der Waals surface area contributed by atoms with Crippen LogP contribution in [0.2, 0.25) is 0 Å². The van der Waals surface area contributed by atoms with Gasteiger partial charge in [0, 0.05) is 73.6 Å². The molecule has 0 bridgehead atoms. The summed E-state index contributed by atoms with van der Waals surface area (Å²) in [6.45, 7) is 12.9. The van der Waals surface area contributed by atoms with Crippen LogP contribution in [-0.4, -0.2) is 74.4 Å². The summed E-state index contributed by atoms with van der Waals surface area (Å²) in [6, 6.07) is 10.1. The molecule has 0 aliphatic carbocycles. The molecule has 0 radical (unpaired) electrons. The lowest BCUT2D eigenvalue weighted by molar-refractivity contribution is -0.129. The fraction of sp³-hybridized carbons (Fsp3) is 0.486. The lowest BCUT2D eigenvalue weighted by Crippen LogP contribution is -2.46. The number of hydrogen-bond donors (Lipinski definition) is 4. The summed E-state index contributed by atoms with van der Waals surface area (Å²) in [5.74, 6) is 0.379. The van der Waals surface area contributed by atoms with E-state index in [2.05, 4.69) is 57.2 Å². The van der Waals surface area contributed by atoms with E-state index in [1.54, 1.807) is 11.7 Å². The Balaban J connectivity index is 1.19. The topological polar surface area (TPSA) is 148 Å². The summed E-state index contributed by atoms with van der Waals surface area (Å²) in [6.07, 6.45) is 10.5. The van der Waals surface area contributed by atoms with Gasteiger partial charge in [-0.3, -0.25) is 29.2 Å². The summed E-state index contributed by atoms with van der Waals surface area (Å²) in [4.78, 5) is 49.8. The number of aromatic nitrogens is 4. The van der Waals surface area contributed by atoms with Gasteiger partial charge in [0.15, 0.2) is 0 Å². The number of hydroxylamine groups is 1. The molecule has 4 N–H and O–H groups in total. The largest absolute Gasteiger partial charge is 0.354 e. The number of H-pyrrole nitrogens is 1. The second-order valence-electron chi connectivity index (χ2n) is 13.4. The van der Waals surface area contributed by atoms with Crippen LogP contribution in [0.1, 0.15) is 92.0 Å². The van der Waals surface area contributed by atoms with E-state index in [0.717, 1.165) is 91.1 Å². The van der Waals surface area contributed by atoms with E-state index >= 15 is 0 Å². The Morgan fingerprint density at radius 3 is 2.35 bits per heavy atom. The molecule has 5 rings (SSSR count). The first-order valence-electron chi connectivity index (χ1n) is 17.5. The zero-order chi connectivity index (χ0) is 34.9. The maximum Gasteiger partial charge on any atom is 0.253 e. The molecular weight excluding hydrogens is 620 g/mol. The first kappa shape index (κ1) is 35.7. The lowest BCUT2D eigenvalue weighted by atomic mass is 10.0. The number of nitrogens with one attached hydrogen (secondary N) is 3. The van der Waals surface area contributed by atoms with Crippen LogP contribution < -0.4 is 21.3 Å². The van der Waals surface area contributed by atoms with E-state index < -0.39 is 0 Å². The minimum Gasteiger partial charge on any atom is -0.354 e. The van der Waals surface area contributed by atoms with Crippen molar-refractivity contribution in [2.24, 2.45) is 0 Å². The molecule has 1 aromatic carbocycles. The van der Waals surface area contributed by atoms with Gasteiger partial charge in [-0.05, 0) is 88.5 Å². The maximum absolute atomic E-state index is 13.6. The van der Waals surface area contributed by atoms with Gasteiger partial charge in [-0.2, -0.15) is 5.10 Å². The molecule has 49 heavy (non-hydrogen) atoms. The van der Waals surface area contributed by atoms with Crippen LogP contribution in [-0.2, 0) is 11.3 Å². The Kier molecular flexibility index (Phi) is 12.2. The molecule has 0 unspecified atom stereocenters. The Labute approximate surface area is 287 Å². The average molecular weight is 671 g/mol. The summed E-state index contributed by atoms with van der Waals surface area (Å²) in [5.41, 5.74) is 6.84. The van der Waals surface area contributed by atoms with Crippen molar-refractivity contribution in [2.45, 2.75) is 85.2 Å². The van der Waals surface area contributed by atoms with E-state index in [0.29, 0.717) is 17.5 Å². The smallest absolute Gasteiger partial charge is 0.253 e. The zero-order valence-corrected chi connectivity index (χ0v) is 29.2. The molecule has 1 saturated heterocycles. The number of rotatable bonds is 15. The van der Waals surface area contributed by atoms with Crippen molar-refractivity contribution in [2.75, 3.05) is 37.6 Å². The molecule has 262 valence electrons. The molecule has 1 aliphatic heterocycles. The van der Waals surface area contributed by atoms with E-state index in [-0.39, 0.29) is 30.0 Å². The number of amides is 2. The summed E-state index contributed by atoms with van der Waals surface area (Å²) in [7, 11) is 0. The summed E-state index contributed by atoms with van der Waals surface area (Å²) < 4.78 is 1.92. The Morgan fingerprint density at radius 1 is 0.939 bits per heavy atom. The van der Waals surface area contributed by atoms with Gasteiger partial charge in [-0.1, -0.05) is 25.7 Å². The fourth-order valence-electron chi connectivity index (χ4n) is 6.60. The van der Waals surface area contributed by atoms with Crippen molar-refractivity contribution in [3.63, 3.8) is 0 Å². The molecule has 0 spiro atoms. The normalized spacial score (nSPS) is 13.7. The van der Waals surface area contributed by atoms with Gasteiger partial charge in [0.1, 0.15) is 5.82 Å². The van der Waals surface area contributed by atoms with Crippen LogP contribution in [0, 0.1) is 13.8 Å². The third-order valence-electron chi connectivity index (χ3n) is 9.40. The van der Waals surface area contributed by atoms with Gasteiger partial charge in [0.25, 0.3) is 11.5 Å². The van der Waals surface area contributed by atoms with Crippen LogP contribution in [0.5, 0.6) is 0 Å². The monoisotopic (exact) mass is 670 g/mol. The predicted octanol–water partition coefficient (Wildman–Crippen LogP) is 5.27. The van der Waals surface area contributed by atoms with E-state index in [4.69, 9.17) is 10.2 Å². The highest BCUT2D eigenvalue weighted by Crippen LogP contribution is 2.30. The van der Waals surface area contributed by atoms with Crippen LogP contribution >= 0.6 is 0 Å². The fourth-order valence-corrected chi connectivity index (χ4v) is 6.60. The molecular formula is C37H50N8O4. The highest BCUT2D eigenvalue weighted by molar-refractivity contribution is 6.08. The van der Waals surface area contributed by atoms with Crippen LogP contribution in [0.25, 0.3) is 22.0 Å². The second kappa shape index (κ2) is 16.7. The van der Waals surface area contributed by atoms with Gasteiger partial charge in [0.2, 0.25) is 5.91 Å². The highest BCUT2D eigenvalue weighted by atomic mass is 16.5. The van der Waals surface area contributed by atoms with Gasteiger partial charge in [-0.15, -0.1) is 0 Å². The standard InChI is InChI=1S/C37H50N8O4/c1-25(2)45-33-21-29(20-30(32(33)24-40-45)36(47)39-23-31-26(3)19-27(4)41-37(31)48)28-12-13-34(38-22-28)44-17-15-43(16-18-44)14-10-8-6-5-7-9-11-35(46)42-49/h12-13,19-22,24-25,49H,5-11,14-18,23H2,1-4H3,(H,39,47)(H,41,48)(H,42,46). The molecule has 0 atom stereocenters. The molecule has 4 aromatic rings. The third kappa shape index (κ3) is 9.12. The number of carbonyl (C=O) groups excluding carboxylic acids is 2. The van der Waals surface area contributed by atoms with Crippen molar-refractivity contribution < 1.29 is 14.8 Å². The quantitative estimate of drug-likeness (QED) is 0.0760. The van der Waals surface area contributed by atoms with Crippen molar-refractivity contribution in [3.05, 3.63) is 75.5 Å². The average Bonchev–Trinajstić information content (AvgIpc) is 3.53. The number of anilines is 1. The molecule has 1 aliphatic rings. The minimum absolute atomic E-state index is 0.107. The molecule has 4 heterocycles. The van der Waals surface area contributed by atoms with Crippen LogP contribution in [0.4, 0.5) is 5.82 Å². The van der Waals surface area contributed by atoms with Gasteiger partial charge < -0.3 is 15.2 Å². The highest BCUT2D eigenvalue weighted by Gasteiger charge is 2.20. The van der Waals surface area contributed by atoms with Crippen LogP contribution in [0.3, 0.4) is 0 Å². The van der Waals surface area contributed by atoms with Crippen molar-refractivity contribution in [1.82, 2.24) is 35.4 Å². The Hall–Kier alpha value is -4.55. The van der Waals surface area contributed by atoms with E-state index in [1.807, 2.05) is 36.9 Å². The minimum atomic E-state index is -0.306. The second-order valence-corrected chi connectivity index (χ2v) is 13.4. The number of unbranched alkanes of at least 4 members (excludes halogenated alkanes) is 5. The molecule has 1 fully saturated rings. The Morgan fingerprint density at radius 2 is 1.67 bits per heavy atom. The van der Waals surface area contributed by atoms with Crippen molar-refractivity contribution >= 4 is 28.5 Å². The number of benzene rings is 1. The van der Waals surface area contributed by atoms with Gasteiger partial charge >= 0.3 is 0 Å². The number of nitrogens with zero attached hydrogens (tertiary/aromatic N) is 5. The number of aromatic amines is 1. The molecule has 12 nitrogen and oxygen atoms in total. The number of piperazine rings is 1. The molecule has 2 amide bonds. The van der Waals surface area contributed by atoms with Gasteiger partial charge in [0.05, 0.1) is 17.3 Å². The summed E-state index contributed by atoms with van der Waals surface area (Å²) >= 11 is 0. The third-order valence-corrected chi connectivity index (χ3v) is 9.40. The van der Waals surface area contributed by atoms with E-state index in [9.17, 15) is 14.4 Å². The van der Waals surface area contributed by atoms with Gasteiger partial charge in [-0.25, -0.2) is 10.5 Å². The maximum atomic E-state index is 13.6. The summed E-state index contributed by atoms with van der Waals surface area (Å²) in [5, 5.41) is 16.9. The van der Waals surface area contributed by atoms with Crippen LogP contribution in [0.15, 0.2) is 47.5 Å². The number of hydrogen-bond acceptors (Lipinski definition) is 8. The van der Waals surface area contributed by atoms with Crippen molar-refractivity contribution in [3.8, 4) is 11.1 Å². The lowest BCUT2D eigenvalue weighted by Gasteiger charge is -2.35. The molecule has 3 aromatic heterocycles. The zero-order valence-electron chi connectivity index (χ0n) is 29.2. The predicted molar refractivity (Wildman–Crippen MR) is 192 cm³/mol. The first-order valence-corrected chi connectivity index (χ1v) is 17.5. The SMILES string of the molecule is Cc1cc(C)c(CNC(=O)c2cc(-c3ccc(N4CCN(CCCCCCCCC(=O)NO)CC4)nc3)cc3c2cnn3C(C)C)c(=O)[nH]1. The Bertz CT molecular complexity index is 1790. The number of carbonyl (C=O) groups is 2. The number of fused-ring (bicyclic) bond motifs is 1. The van der Waals surface area contributed by atoms with E-state index in [1.165, 1.54) is 19.3 Å². The number of pyridine rings is 2. The molecule has 12 heteroatoms.